The summed E-state index contributed by atoms with van der Waals surface area (Å²) in [6.45, 7) is 3.54. The topological polar surface area (TPSA) is 41.3 Å². The molecule has 3 rings (SSSR count). The second-order valence-corrected chi connectivity index (χ2v) is 6.58. The van der Waals surface area contributed by atoms with Crippen LogP contribution in [0.2, 0.25) is 0 Å². The van der Waals surface area contributed by atoms with Crippen molar-refractivity contribution in [1.82, 2.24) is 10.3 Å². The second kappa shape index (κ2) is 6.20. The normalized spacial score (nSPS) is 14.4. The predicted octanol–water partition coefficient (Wildman–Crippen LogP) is 3.63. The molecule has 0 radical (unpaired) electrons. The largest absolute Gasteiger partial charge is 0.464 e. The quantitative estimate of drug-likeness (QED) is 0.864. The van der Waals surface area contributed by atoms with Crippen molar-refractivity contribution in [1.29, 1.82) is 0 Å². The number of aryl methyl sites for hydroxylation is 1. The first-order valence-corrected chi connectivity index (χ1v) is 8.05. The standard InChI is InChI=1S/C16H20BrN3O/c1-11-3-6-15(21-11)10-20(2)16-12(7-13(17)9-19-16)8-18-14-4-5-14/h3,6-7,9,14,18H,4-5,8,10H2,1-2H3. The molecule has 1 N–H and O–H groups in total. The van der Waals surface area contributed by atoms with Crippen LogP contribution in [0.1, 0.15) is 29.9 Å². The highest BCUT2D eigenvalue weighted by Crippen LogP contribution is 2.25. The molecule has 2 aromatic heterocycles. The monoisotopic (exact) mass is 349 g/mol. The Labute approximate surface area is 133 Å². The minimum absolute atomic E-state index is 0.690. The van der Waals surface area contributed by atoms with Crippen molar-refractivity contribution in [3.63, 3.8) is 0 Å². The number of nitrogens with one attached hydrogen (secondary N) is 1. The first-order chi connectivity index (χ1) is 10.1. The van der Waals surface area contributed by atoms with Crippen LogP contribution >= 0.6 is 15.9 Å². The van der Waals surface area contributed by atoms with Gasteiger partial charge in [0.15, 0.2) is 0 Å². The zero-order valence-corrected chi connectivity index (χ0v) is 14.0. The molecule has 5 heteroatoms. The number of anilines is 1. The Morgan fingerprint density at radius 1 is 1.43 bits per heavy atom. The summed E-state index contributed by atoms with van der Waals surface area (Å²) in [7, 11) is 2.05. The maximum absolute atomic E-state index is 5.65. The molecule has 1 saturated carbocycles. The van der Waals surface area contributed by atoms with E-state index in [1.165, 1.54) is 18.4 Å². The summed E-state index contributed by atoms with van der Waals surface area (Å²) in [6.07, 6.45) is 4.43. The fourth-order valence-electron chi connectivity index (χ4n) is 2.37. The highest BCUT2D eigenvalue weighted by molar-refractivity contribution is 9.10. The third kappa shape index (κ3) is 3.86. The van der Waals surface area contributed by atoms with Crippen LogP contribution in [0.5, 0.6) is 0 Å². The Morgan fingerprint density at radius 3 is 2.90 bits per heavy atom. The zero-order chi connectivity index (χ0) is 14.8. The summed E-state index contributed by atoms with van der Waals surface area (Å²) in [5, 5.41) is 3.55. The summed E-state index contributed by atoms with van der Waals surface area (Å²) < 4.78 is 6.67. The molecule has 4 nitrogen and oxygen atoms in total. The second-order valence-electron chi connectivity index (χ2n) is 5.66. The van der Waals surface area contributed by atoms with Gasteiger partial charge in [-0.1, -0.05) is 0 Å². The van der Waals surface area contributed by atoms with Gasteiger partial charge in [-0.25, -0.2) is 4.98 Å². The fourth-order valence-corrected chi connectivity index (χ4v) is 2.75. The lowest BCUT2D eigenvalue weighted by atomic mass is 10.2. The van der Waals surface area contributed by atoms with Crippen LogP contribution < -0.4 is 10.2 Å². The Balaban J connectivity index is 1.75. The van der Waals surface area contributed by atoms with Gasteiger partial charge in [-0.15, -0.1) is 0 Å². The van der Waals surface area contributed by atoms with Gasteiger partial charge < -0.3 is 14.6 Å². The number of hydrogen-bond donors (Lipinski definition) is 1. The van der Waals surface area contributed by atoms with Crippen molar-refractivity contribution >= 4 is 21.7 Å². The maximum Gasteiger partial charge on any atom is 0.133 e. The molecule has 1 fully saturated rings. The maximum atomic E-state index is 5.65. The molecule has 0 spiro atoms. The minimum Gasteiger partial charge on any atom is -0.464 e. The highest BCUT2D eigenvalue weighted by Gasteiger charge is 2.21. The van der Waals surface area contributed by atoms with Crippen LogP contribution in [0.3, 0.4) is 0 Å². The Kier molecular flexibility index (Phi) is 4.31. The van der Waals surface area contributed by atoms with Gasteiger partial charge in [-0.3, -0.25) is 0 Å². The number of nitrogens with zero attached hydrogens (tertiary/aromatic N) is 2. The summed E-state index contributed by atoms with van der Waals surface area (Å²) >= 11 is 3.51. The summed E-state index contributed by atoms with van der Waals surface area (Å²) in [4.78, 5) is 6.71. The van der Waals surface area contributed by atoms with Crippen molar-refractivity contribution in [2.75, 3.05) is 11.9 Å². The summed E-state index contributed by atoms with van der Waals surface area (Å²) in [5.74, 6) is 2.90. The van der Waals surface area contributed by atoms with Gasteiger partial charge in [0, 0.05) is 35.9 Å². The van der Waals surface area contributed by atoms with E-state index in [-0.39, 0.29) is 0 Å². The first-order valence-electron chi connectivity index (χ1n) is 7.26. The van der Waals surface area contributed by atoms with E-state index >= 15 is 0 Å². The predicted molar refractivity (Wildman–Crippen MR) is 87.4 cm³/mol. The number of rotatable bonds is 6. The number of furan rings is 1. The molecule has 0 bridgehead atoms. The Hall–Kier alpha value is -1.33. The summed E-state index contributed by atoms with van der Waals surface area (Å²) in [5.41, 5.74) is 1.21. The van der Waals surface area contributed by atoms with E-state index in [4.69, 9.17) is 4.42 Å². The molecule has 2 aromatic rings. The van der Waals surface area contributed by atoms with E-state index in [2.05, 4.69) is 44.2 Å². The molecule has 1 aliphatic rings. The summed E-state index contributed by atoms with van der Waals surface area (Å²) in [6, 6.07) is 6.84. The SMILES string of the molecule is Cc1ccc(CN(C)c2ncc(Br)cc2CNC2CC2)o1. The fraction of sp³-hybridized carbons (Fsp3) is 0.438. The Morgan fingerprint density at radius 2 is 2.24 bits per heavy atom. The number of aromatic nitrogens is 1. The van der Waals surface area contributed by atoms with Crippen LogP contribution in [-0.2, 0) is 13.1 Å². The third-order valence-electron chi connectivity index (χ3n) is 3.62. The van der Waals surface area contributed by atoms with Gasteiger partial charge in [-0.2, -0.15) is 0 Å². The minimum atomic E-state index is 0.690. The lowest BCUT2D eigenvalue weighted by molar-refractivity contribution is 0.481. The van der Waals surface area contributed by atoms with E-state index in [0.717, 1.165) is 34.9 Å². The Bertz CT molecular complexity index is 622. The molecular formula is C16H20BrN3O. The van der Waals surface area contributed by atoms with Crippen LogP contribution in [0.4, 0.5) is 5.82 Å². The van der Waals surface area contributed by atoms with E-state index in [1.807, 2.05) is 25.3 Å². The number of pyridine rings is 1. The van der Waals surface area contributed by atoms with Gasteiger partial charge in [-0.05, 0) is 53.9 Å². The van der Waals surface area contributed by atoms with Crippen LogP contribution in [0.15, 0.2) is 33.3 Å². The molecule has 21 heavy (non-hydrogen) atoms. The molecular weight excluding hydrogens is 330 g/mol. The van der Waals surface area contributed by atoms with Gasteiger partial charge in [0.2, 0.25) is 0 Å². The molecule has 0 amide bonds. The lowest BCUT2D eigenvalue weighted by Gasteiger charge is -2.20. The van der Waals surface area contributed by atoms with Gasteiger partial charge in [0.05, 0.1) is 6.54 Å². The van der Waals surface area contributed by atoms with Crippen LogP contribution in [0, 0.1) is 6.92 Å². The molecule has 0 atom stereocenters. The van der Waals surface area contributed by atoms with Gasteiger partial charge in [0.1, 0.15) is 17.3 Å². The van der Waals surface area contributed by atoms with Gasteiger partial charge >= 0.3 is 0 Å². The van der Waals surface area contributed by atoms with Crippen molar-refractivity contribution < 1.29 is 4.42 Å². The van der Waals surface area contributed by atoms with Crippen LogP contribution in [-0.4, -0.2) is 18.1 Å². The third-order valence-corrected chi connectivity index (χ3v) is 4.05. The van der Waals surface area contributed by atoms with E-state index in [9.17, 15) is 0 Å². The van der Waals surface area contributed by atoms with Crippen molar-refractivity contribution in [2.24, 2.45) is 0 Å². The number of halogens is 1. The average molecular weight is 350 g/mol. The first kappa shape index (κ1) is 14.6. The molecule has 0 aliphatic heterocycles. The average Bonchev–Trinajstić information content (AvgIpc) is 3.19. The van der Waals surface area contributed by atoms with Crippen molar-refractivity contribution in [3.8, 4) is 0 Å². The molecule has 1 aliphatic carbocycles. The molecule has 2 heterocycles. The smallest absolute Gasteiger partial charge is 0.133 e. The van der Waals surface area contributed by atoms with Crippen molar-refractivity contribution in [3.05, 3.63) is 46.0 Å². The van der Waals surface area contributed by atoms with Gasteiger partial charge in [0.25, 0.3) is 0 Å². The van der Waals surface area contributed by atoms with E-state index in [0.29, 0.717) is 6.04 Å². The van der Waals surface area contributed by atoms with Crippen molar-refractivity contribution in [2.45, 2.75) is 38.9 Å². The number of hydrogen-bond acceptors (Lipinski definition) is 4. The molecule has 112 valence electrons. The zero-order valence-electron chi connectivity index (χ0n) is 12.4. The molecule has 0 unspecified atom stereocenters. The molecule has 0 saturated heterocycles. The van der Waals surface area contributed by atoms with E-state index < -0.39 is 0 Å². The van der Waals surface area contributed by atoms with Crippen LogP contribution in [0.25, 0.3) is 0 Å². The highest BCUT2D eigenvalue weighted by atomic mass is 79.9. The van der Waals surface area contributed by atoms with E-state index in [1.54, 1.807) is 0 Å². The molecule has 0 aromatic carbocycles. The lowest BCUT2D eigenvalue weighted by Crippen LogP contribution is -2.22.